The van der Waals surface area contributed by atoms with Crippen LogP contribution in [-0.4, -0.2) is 36.3 Å². The van der Waals surface area contributed by atoms with E-state index in [2.05, 4.69) is 11.2 Å². The van der Waals surface area contributed by atoms with Gasteiger partial charge in [0, 0.05) is 13.0 Å². The molecule has 0 aliphatic carbocycles. The summed E-state index contributed by atoms with van der Waals surface area (Å²) in [6.45, 7) is 3.01. The smallest absolute Gasteiger partial charge is 0.240 e. The molecule has 76 valence electrons. The molecule has 1 atom stereocenters. The number of terminal acetylenes is 1. The van der Waals surface area contributed by atoms with E-state index in [9.17, 15) is 9.59 Å². The van der Waals surface area contributed by atoms with E-state index >= 15 is 0 Å². The summed E-state index contributed by atoms with van der Waals surface area (Å²) in [6.07, 6.45) is 5.53. The van der Waals surface area contributed by atoms with Crippen LogP contribution in [-0.2, 0) is 9.59 Å². The van der Waals surface area contributed by atoms with Crippen molar-refractivity contribution >= 4 is 11.8 Å². The Labute approximate surface area is 83.6 Å². The standard InChI is InChI=1S/C10H14N2O2/c1-3-4-11-9(13)7-12-6-8(2)5-10(12)14/h1,8H,4-7H2,2H3,(H,11,13). The number of carbonyl (C=O) groups is 2. The SMILES string of the molecule is C#CCNC(=O)CN1CC(C)CC1=O. The molecule has 2 amide bonds. The van der Waals surface area contributed by atoms with Crippen molar-refractivity contribution in [2.75, 3.05) is 19.6 Å². The maximum Gasteiger partial charge on any atom is 0.240 e. The number of nitrogens with zero attached hydrogens (tertiary/aromatic N) is 1. The molecule has 4 nitrogen and oxygen atoms in total. The Morgan fingerprint density at radius 3 is 3.00 bits per heavy atom. The van der Waals surface area contributed by atoms with Crippen LogP contribution in [0.2, 0.25) is 0 Å². The monoisotopic (exact) mass is 194 g/mol. The molecule has 1 rings (SSSR count). The van der Waals surface area contributed by atoms with E-state index in [0.29, 0.717) is 18.9 Å². The number of likely N-dealkylation sites (tertiary alicyclic amines) is 1. The molecule has 0 radical (unpaired) electrons. The summed E-state index contributed by atoms with van der Waals surface area (Å²) in [6, 6.07) is 0. The fraction of sp³-hybridized carbons (Fsp3) is 0.600. The number of rotatable bonds is 3. The van der Waals surface area contributed by atoms with E-state index in [1.54, 1.807) is 4.90 Å². The van der Waals surface area contributed by atoms with Gasteiger partial charge in [0.1, 0.15) is 0 Å². The lowest BCUT2D eigenvalue weighted by Gasteiger charge is -2.14. The summed E-state index contributed by atoms with van der Waals surface area (Å²) in [5.41, 5.74) is 0. The molecule has 4 heteroatoms. The lowest BCUT2D eigenvalue weighted by Crippen LogP contribution is -2.38. The minimum Gasteiger partial charge on any atom is -0.344 e. The van der Waals surface area contributed by atoms with Gasteiger partial charge in [0.05, 0.1) is 13.1 Å². The lowest BCUT2D eigenvalue weighted by atomic mass is 10.2. The van der Waals surface area contributed by atoms with Gasteiger partial charge in [0.15, 0.2) is 0 Å². The number of amides is 2. The average molecular weight is 194 g/mol. The van der Waals surface area contributed by atoms with E-state index in [1.807, 2.05) is 6.92 Å². The maximum atomic E-state index is 11.3. The molecular formula is C10H14N2O2. The van der Waals surface area contributed by atoms with Crippen LogP contribution >= 0.6 is 0 Å². The van der Waals surface area contributed by atoms with Crippen molar-refractivity contribution in [1.82, 2.24) is 10.2 Å². The molecule has 0 bridgehead atoms. The summed E-state index contributed by atoms with van der Waals surface area (Å²) in [5, 5.41) is 2.53. The van der Waals surface area contributed by atoms with E-state index in [0.717, 1.165) is 0 Å². The molecule has 1 aliphatic heterocycles. The largest absolute Gasteiger partial charge is 0.344 e. The zero-order valence-electron chi connectivity index (χ0n) is 8.25. The Morgan fingerprint density at radius 2 is 2.50 bits per heavy atom. The van der Waals surface area contributed by atoms with Crippen molar-refractivity contribution in [3.8, 4) is 12.3 Å². The first-order valence-electron chi connectivity index (χ1n) is 4.61. The zero-order valence-corrected chi connectivity index (χ0v) is 8.25. The van der Waals surface area contributed by atoms with Crippen molar-refractivity contribution in [2.45, 2.75) is 13.3 Å². The molecule has 0 spiro atoms. The van der Waals surface area contributed by atoms with E-state index < -0.39 is 0 Å². The third-order valence-corrected chi connectivity index (χ3v) is 2.13. The summed E-state index contributed by atoms with van der Waals surface area (Å²) >= 11 is 0. The summed E-state index contributed by atoms with van der Waals surface area (Å²) in [4.78, 5) is 24.1. The van der Waals surface area contributed by atoms with Crippen LogP contribution in [0.15, 0.2) is 0 Å². The molecule has 0 aromatic rings. The Bertz CT molecular complexity index is 280. The predicted octanol–water partition coefficient (Wildman–Crippen LogP) is -0.396. The summed E-state index contributed by atoms with van der Waals surface area (Å²) in [5.74, 6) is 2.52. The van der Waals surface area contributed by atoms with Crippen molar-refractivity contribution in [3.05, 3.63) is 0 Å². The van der Waals surface area contributed by atoms with E-state index in [4.69, 9.17) is 6.42 Å². The molecule has 1 heterocycles. The highest BCUT2D eigenvalue weighted by Gasteiger charge is 2.27. The molecule has 1 unspecified atom stereocenters. The second-order valence-electron chi connectivity index (χ2n) is 3.56. The van der Waals surface area contributed by atoms with Gasteiger partial charge in [-0.1, -0.05) is 12.8 Å². The van der Waals surface area contributed by atoms with Gasteiger partial charge in [-0.25, -0.2) is 0 Å². The van der Waals surface area contributed by atoms with Crippen LogP contribution in [0.1, 0.15) is 13.3 Å². The van der Waals surface area contributed by atoms with Crippen LogP contribution in [0, 0.1) is 18.3 Å². The Kier molecular flexibility index (Phi) is 3.52. The van der Waals surface area contributed by atoms with Crippen LogP contribution in [0.5, 0.6) is 0 Å². The van der Waals surface area contributed by atoms with Gasteiger partial charge in [-0.3, -0.25) is 9.59 Å². The molecule has 1 aliphatic rings. The van der Waals surface area contributed by atoms with Crippen LogP contribution < -0.4 is 5.32 Å². The number of hydrogen-bond donors (Lipinski definition) is 1. The van der Waals surface area contributed by atoms with Crippen molar-refractivity contribution in [1.29, 1.82) is 0 Å². The third-order valence-electron chi connectivity index (χ3n) is 2.13. The first-order valence-corrected chi connectivity index (χ1v) is 4.61. The fourth-order valence-corrected chi connectivity index (χ4v) is 1.50. The lowest BCUT2D eigenvalue weighted by molar-refractivity contribution is -0.132. The normalized spacial score (nSPS) is 20.7. The van der Waals surface area contributed by atoms with Crippen molar-refractivity contribution in [3.63, 3.8) is 0 Å². The highest BCUT2D eigenvalue weighted by Crippen LogP contribution is 2.15. The fourth-order valence-electron chi connectivity index (χ4n) is 1.50. The van der Waals surface area contributed by atoms with Gasteiger partial charge in [-0.05, 0) is 5.92 Å². The zero-order chi connectivity index (χ0) is 10.6. The molecule has 0 aromatic heterocycles. The summed E-state index contributed by atoms with van der Waals surface area (Å²) in [7, 11) is 0. The molecule has 0 saturated carbocycles. The van der Waals surface area contributed by atoms with Gasteiger partial charge >= 0.3 is 0 Å². The van der Waals surface area contributed by atoms with Gasteiger partial charge in [0.2, 0.25) is 11.8 Å². The van der Waals surface area contributed by atoms with Crippen molar-refractivity contribution < 1.29 is 9.59 Å². The average Bonchev–Trinajstić information content (AvgIpc) is 2.42. The second-order valence-corrected chi connectivity index (χ2v) is 3.56. The van der Waals surface area contributed by atoms with Crippen molar-refractivity contribution in [2.24, 2.45) is 5.92 Å². The Hall–Kier alpha value is -1.50. The van der Waals surface area contributed by atoms with E-state index in [-0.39, 0.29) is 24.9 Å². The van der Waals surface area contributed by atoms with Gasteiger partial charge < -0.3 is 10.2 Å². The molecule has 0 aromatic carbocycles. The molecule has 1 fully saturated rings. The quantitative estimate of drug-likeness (QED) is 0.622. The van der Waals surface area contributed by atoms with Gasteiger partial charge in [-0.15, -0.1) is 6.42 Å². The molecule has 1 saturated heterocycles. The highest BCUT2D eigenvalue weighted by molar-refractivity contribution is 5.86. The van der Waals surface area contributed by atoms with Gasteiger partial charge in [-0.2, -0.15) is 0 Å². The van der Waals surface area contributed by atoms with Gasteiger partial charge in [0.25, 0.3) is 0 Å². The minimum atomic E-state index is -0.189. The van der Waals surface area contributed by atoms with Crippen LogP contribution in [0.4, 0.5) is 0 Å². The van der Waals surface area contributed by atoms with E-state index in [1.165, 1.54) is 0 Å². The predicted molar refractivity (Wildman–Crippen MR) is 52.2 cm³/mol. The third kappa shape index (κ3) is 2.77. The number of hydrogen-bond acceptors (Lipinski definition) is 2. The number of nitrogens with one attached hydrogen (secondary N) is 1. The summed E-state index contributed by atoms with van der Waals surface area (Å²) < 4.78 is 0. The minimum absolute atomic E-state index is 0.0494. The topological polar surface area (TPSA) is 49.4 Å². The highest BCUT2D eigenvalue weighted by atomic mass is 16.2. The number of carbonyl (C=O) groups excluding carboxylic acids is 2. The molecule has 14 heavy (non-hydrogen) atoms. The maximum absolute atomic E-state index is 11.3. The molecule has 1 N–H and O–H groups in total. The second kappa shape index (κ2) is 4.66. The first-order chi connectivity index (χ1) is 6.63. The van der Waals surface area contributed by atoms with Crippen LogP contribution in [0.3, 0.4) is 0 Å². The molecular weight excluding hydrogens is 180 g/mol. The first kappa shape index (κ1) is 10.6. The Balaban J connectivity index is 2.34. The Morgan fingerprint density at radius 1 is 1.79 bits per heavy atom. The van der Waals surface area contributed by atoms with Crippen LogP contribution in [0.25, 0.3) is 0 Å².